The van der Waals surface area contributed by atoms with Crippen LogP contribution in [0.15, 0.2) is 42.7 Å². The molecule has 1 aromatic heterocycles. The molecule has 2 aromatic rings. The molecule has 19 heavy (non-hydrogen) atoms. The summed E-state index contributed by atoms with van der Waals surface area (Å²) >= 11 is 0. The van der Waals surface area contributed by atoms with Crippen molar-refractivity contribution in [3.63, 3.8) is 0 Å². The Kier molecular flexibility index (Phi) is 3.14. The van der Waals surface area contributed by atoms with E-state index in [1.54, 1.807) is 12.4 Å². The molecule has 0 unspecified atom stereocenters. The lowest BCUT2D eigenvalue weighted by Gasteiger charge is -2.17. The smallest absolute Gasteiger partial charge is 0.224 e. The predicted octanol–water partition coefficient (Wildman–Crippen LogP) is 2.55. The number of hydrogen-bond donors (Lipinski definition) is 1. The lowest BCUT2D eigenvalue weighted by atomic mass is 10.0. The first-order valence-corrected chi connectivity index (χ1v) is 6.26. The third-order valence-corrected chi connectivity index (χ3v) is 3.13. The van der Waals surface area contributed by atoms with Crippen LogP contribution < -0.4 is 10.1 Å². The molecule has 0 fully saturated rings. The lowest BCUT2D eigenvalue weighted by molar-refractivity contribution is -0.116. The van der Waals surface area contributed by atoms with Gasteiger partial charge in [-0.25, -0.2) is 0 Å². The second-order valence-corrected chi connectivity index (χ2v) is 4.51. The number of nitrogens with one attached hydrogen (secondary N) is 1. The molecular formula is C15H14N2O2. The van der Waals surface area contributed by atoms with Crippen LogP contribution in [0.2, 0.25) is 0 Å². The van der Waals surface area contributed by atoms with Gasteiger partial charge in [-0.05, 0) is 35.7 Å². The first-order valence-electron chi connectivity index (χ1n) is 6.26. The summed E-state index contributed by atoms with van der Waals surface area (Å²) in [5, 5.41) is 2.87. The Morgan fingerprint density at radius 2 is 2.00 bits per heavy atom. The maximum Gasteiger partial charge on any atom is 0.224 e. The largest absolute Gasteiger partial charge is 0.489 e. The maximum atomic E-state index is 11.4. The zero-order chi connectivity index (χ0) is 13.1. The van der Waals surface area contributed by atoms with Gasteiger partial charge in [0.25, 0.3) is 0 Å². The molecule has 0 bridgehead atoms. The second-order valence-electron chi connectivity index (χ2n) is 4.51. The monoisotopic (exact) mass is 254 g/mol. The van der Waals surface area contributed by atoms with Crippen LogP contribution in [0.25, 0.3) is 0 Å². The number of carbonyl (C=O) groups is 1. The topological polar surface area (TPSA) is 51.2 Å². The zero-order valence-electron chi connectivity index (χ0n) is 10.4. The summed E-state index contributed by atoms with van der Waals surface area (Å²) in [6, 6.07) is 9.67. The molecule has 0 radical (unpaired) electrons. The summed E-state index contributed by atoms with van der Waals surface area (Å²) in [6.07, 6.45) is 4.84. The standard InChI is InChI=1S/C15H14N2O2/c18-15-4-2-12-1-3-13(9-14(12)17-15)19-10-11-5-7-16-8-6-11/h1,3,5-9H,2,4,10H2,(H,17,18). The van der Waals surface area contributed by atoms with Crippen molar-refractivity contribution in [3.8, 4) is 5.75 Å². The minimum absolute atomic E-state index is 0.0683. The van der Waals surface area contributed by atoms with Crippen LogP contribution in [0.4, 0.5) is 5.69 Å². The van der Waals surface area contributed by atoms with Crippen molar-refractivity contribution < 1.29 is 9.53 Å². The Labute approximate surface area is 111 Å². The molecule has 3 rings (SSSR count). The first-order chi connectivity index (χ1) is 9.31. The van der Waals surface area contributed by atoms with Gasteiger partial charge in [-0.3, -0.25) is 9.78 Å². The number of carbonyl (C=O) groups excluding carboxylic acids is 1. The summed E-state index contributed by atoms with van der Waals surface area (Å²) < 4.78 is 5.71. The van der Waals surface area contributed by atoms with Crippen LogP contribution in [0.3, 0.4) is 0 Å². The van der Waals surface area contributed by atoms with Crippen LogP contribution >= 0.6 is 0 Å². The van der Waals surface area contributed by atoms with E-state index in [4.69, 9.17) is 4.74 Å². The van der Waals surface area contributed by atoms with E-state index in [9.17, 15) is 4.79 Å². The molecule has 0 saturated carbocycles. The van der Waals surface area contributed by atoms with Gasteiger partial charge in [0, 0.05) is 30.6 Å². The fourth-order valence-electron chi connectivity index (χ4n) is 2.09. The van der Waals surface area contributed by atoms with E-state index in [1.165, 1.54) is 0 Å². The van der Waals surface area contributed by atoms with E-state index >= 15 is 0 Å². The molecule has 96 valence electrons. The first kappa shape index (κ1) is 11.7. The van der Waals surface area contributed by atoms with Crippen molar-refractivity contribution >= 4 is 11.6 Å². The number of aryl methyl sites for hydroxylation is 1. The number of benzene rings is 1. The number of aromatic nitrogens is 1. The van der Waals surface area contributed by atoms with Gasteiger partial charge >= 0.3 is 0 Å². The van der Waals surface area contributed by atoms with E-state index < -0.39 is 0 Å². The fraction of sp³-hybridized carbons (Fsp3) is 0.200. The molecule has 1 aliphatic heterocycles. The highest BCUT2D eigenvalue weighted by Gasteiger charge is 2.14. The molecule has 1 N–H and O–H groups in total. The Bertz CT molecular complexity index is 596. The van der Waals surface area contributed by atoms with Crippen molar-refractivity contribution in [1.29, 1.82) is 0 Å². The highest BCUT2D eigenvalue weighted by atomic mass is 16.5. The Hall–Kier alpha value is -2.36. The number of nitrogens with zero attached hydrogens (tertiary/aromatic N) is 1. The van der Waals surface area contributed by atoms with Crippen molar-refractivity contribution in [1.82, 2.24) is 4.98 Å². The minimum atomic E-state index is 0.0683. The van der Waals surface area contributed by atoms with Gasteiger partial charge in [0.15, 0.2) is 0 Å². The van der Waals surface area contributed by atoms with Gasteiger partial charge in [0.1, 0.15) is 12.4 Å². The molecule has 1 aliphatic rings. The highest BCUT2D eigenvalue weighted by molar-refractivity contribution is 5.94. The number of rotatable bonds is 3. The summed E-state index contributed by atoms with van der Waals surface area (Å²) in [5.41, 5.74) is 3.09. The molecule has 0 spiro atoms. The van der Waals surface area contributed by atoms with E-state index in [2.05, 4.69) is 10.3 Å². The maximum absolute atomic E-state index is 11.4. The molecule has 4 nitrogen and oxygen atoms in total. The van der Waals surface area contributed by atoms with Gasteiger partial charge < -0.3 is 10.1 Å². The van der Waals surface area contributed by atoms with Gasteiger partial charge in [0.2, 0.25) is 5.91 Å². The third kappa shape index (κ3) is 2.73. The number of fused-ring (bicyclic) bond motifs is 1. The van der Waals surface area contributed by atoms with E-state index in [0.29, 0.717) is 13.0 Å². The summed E-state index contributed by atoms with van der Waals surface area (Å²) in [6.45, 7) is 0.495. The summed E-state index contributed by atoms with van der Waals surface area (Å²) in [4.78, 5) is 15.3. The van der Waals surface area contributed by atoms with Gasteiger partial charge in [0.05, 0.1) is 0 Å². The van der Waals surface area contributed by atoms with E-state index in [1.807, 2.05) is 30.3 Å². The molecule has 0 atom stereocenters. The van der Waals surface area contributed by atoms with E-state index in [-0.39, 0.29) is 5.91 Å². The number of anilines is 1. The minimum Gasteiger partial charge on any atom is -0.489 e. The van der Waals surface area contributed by atoms with Crippen LogP contribution in [-0.2, 0) is 17.8 Å². The average Bonchev–Trinajstić information content (AvgIpc) is 2.46. The molecule has 1 amide bonds. The Morgan fingerprint density at radius 1 is 1.16 bits per heavy atom. The predicted molar refractivity (Wildman–Crippen MR) is 72.0 cm³/mol. The van der Waals surface area contributed by atoms with Crippen molar-refractivity contribution in [2.24, 2.45) is 0 Å². The van der Waals surface area contributed by atoms with Crippen LogP contribution in [0.1, 0.15) is 17.5 Å². The second kappa shape index (κ2) is 5.10. The third-order valence-electron chi connectivity index (χ3n) is 3.13. The Balaban J connectivity index is 1.72. The van der Waals surface area contributed by atoms with E-state index in [0.717, 1.165) is 29.0 Å². The molecule has 2 heterocycles. The lowest BCUT2D eigenvalue weighted by Crippen LogP contribution is -2.18. The van der Waals surface area contributed by atoms with Crippen LogP contribution in [0, 0.1) is 0 Å². The zero-order valence-corrected chi connectivity index (χ0v) is 10.4. The van der Waals surface area contributed by atoms with Gasteiger partial charge in [-0.1, -0.05) is 6.07 Å². The average molecular weight is 254 g/mol. The van der Waals surface area contributed by atoms with Gasteiger partial charge in [-0.15, -0.1) is 0 Å². The number of hydrogen-bond acceptors (Lipinski definition) is 3. The summed E-state index contributed by atoms with van der Waals surface area (Å²) in [7, 11) is 0. The molecule has 4 heteroatoms. The summed E-state index contributed by atoms with van der Waals surface area (Å²) in [5.74, 6) is 0.830. The molecule has 0 saturated heterocycles. The van der Waals surface area contributed by atoms with Crippen molar-refractivity contribution in [2.75, 3.05) is 5.32 Å². The fourth-order valence-corrected chi connectivity index (χ4v) is 2.09. The number of amides is 1. The normalized spacial score (nSPS) is 13.6. The quantitative estimate of drug-likeness (QED) is 0.915. The van der Waals surface area contributed by atoms with Crippen LogP contribution in [-0.4, -0.2) is 10.9 Å². The van der Waals surface area contributed by atoms with Crippen molar-refractivity contribution in [3.05, 3.63) is 53.9 Å². The van der Waals surface area contributed by atoms with Gasteiger partial charge in [-0.2, -0.15) is 0 Å². The van der Waals surface area contributed by atoms with Crippen molar-refractivity contribution in [2.45, 2.75) is 19.4 Å². The SMILES string of the molecule is O=C1CCc2ccc(OCc3ccncc3)cc2N1. The molecular weight excluding hydrogens is 240 g/mol. The molecule has 1 aromatic carbocycles. The number of ether oxygens (including phenoxy) is 1. The highest BCUT2D eigenvalue weighted by Crippen LogP contribution is 2.27. The molecule has 0 aliphatic carbocycles. The van der Waals surface area contributed by atoms with Crippen LogP contribution in [0.5, 0.6) is 5.75 Å². The Morgan fingerprint density at radius 3 is 2.84 bits per heavy atom. The number of pyridine rings is 1.